The zero-order chi connectivity index (χ0) is 9.14. The number of aryl methyl sites for hydroxylation is 1. The van der Waals surface area contributed by atoms with Crippen LogP contribution in [0, 0.1) is 5.82 Å². The van der Waals surface area contributed by atoms with E-state index in [-0.39, 0.29) is 10.8 Å². The zero-order valence-electron chi connectivity index (χ0n) is 6.80. The van der Waals surface area contributed by atoms with Crippen LogP contribution in [0.15, 0.2) is 18.2 Å². The average molecular weight is 183 g/mol. The molecule has 0 radical (unpaired) electrons. The highest BCUT2D eigenvalue weighted by Crippen LogP contribution is 2.10. The summed E-state index contributed by atoms with van der Waals surface area (Å²) in [5.74, 6) is -0.347. The molecule has 2 N–H and O–H groups in total. The van der Waals surface area contributed by atoms with Gasteiger partial charge in [0.25, 0.3) is 0 Å². The number of benzene rings is 1. The Morgan fingerprint density at radius 2 is 2.25 bits per heavy atom. The average Bonchev–Trinajstić information content (AvgIpc) is 2.05. The zero-order valence-corrected chi connectivity index (χ0v) is 7.62. The molecule has 1 aromatic rings. The Morgan fingerprint density at radius 1 is 1.58 bits per heavy atom. The standard InChI is InChI=1S/C9H10FNS/c1-2-6-3-4-8(10)7(5-6)9(11)12/h3-5H,2H2,1H3,(H2,11,12). The third-order valence-corrected chi connectivity index (χ3v) is 1.92. The lowest BCUT2D eigenvalue weighted by Crippen LogP contribution is -2.11. The predicted molar refractivity (Wildman–Crippen MR) is 51.7 cm³/mol. The Morgan fingerprint density at radius 3 is 2.75 bits per heavy atom. The molecule has 0 amide bonds. The predicted octanol–water partition coefficient (Wildman–Crippen LogP) is 2.02. The molecule has 0 heterocycles. The molecule has 0 aliphatic heterocycles. The summed E-state index contributed by atoms with van der Waals surface area (Å²) in [5.41, 5.74) is 6.71. The topological polar surface area (TPSA) is 26.0 Å². The number of nitrogens with two attached hydrogens (primary N) is 1. The van der Waals surface area contributed by atoms with Crippen molar-refractivity contribution >= 4 is 17.2 Å². The first-order valence-electron chi connectivity index (χ1n) is 3.73. The van der Waals surface area contributed by atoms with Crippen molar-refractivity contribution in [1.82, 2.24) is 0 Å². The van der Waals surface area contributed by atoms with E-state index in [2.05, 4.69) is 0 Å². The van der Waals surface area contributed by atoms with Crippen molar-refractivity contribution in [3.63, 3.8) is 0 Å². The number of hydrogen-bond donors (Lipinski definition) is 1. The molecule has 1 aromatic carbocycles. The molecule has 0 fully saturated rings. The van der Waals surface area contributed by atoms with Crippen molar-refractivity contribution in [2.75, 3.05) is 0 Å². The molecule has 1 nitrogen and oxygen atoms in total. The van der Waals surface area contributed by atoms with Gasteiger partial charge in [-0.3, -0.25) is 0 Å². The van der Waals surface area contributed by atoms with Gasteiger partial charge in [-0.2, -0.15) is 0 Å². The largest absolute Gasteiger partial charge is 0.389 e. The third kappa shape index (κ3) is 1.80. The van der Waals surface area contributed by atoms with Crippen LogP contribution in [0.5, 0.6) is 0 Å². The maximum atomic E-state index is 13.0. The van der Waals surface area contributed by atoms with Gasteiger partial charge in [0, 0.05) is 5.56 Å². The third-order valence-electron chi connectivity index (χ3n) is 1.70. The lowest BCUT2D eigenvalue weighted by Gasteiger charge is -2.02. The normalized spacial score (nSPS) is 9.83. The molecule has 0 saturated heterocycles. The van der Waals surface area contributed by atoms with Crippen LogP contribution in [0.3, 0.4) is 0 Å². The van der Waals surface area contributed by atoms with Gasteiger partial charge in [0.05, 0.1) is 0 Å². The van der Waals surface area contributed by atoms with E-state index in [1.807, 2.05) is 6.92 Å². The first kappa shape index (κ1) is 9.13. The quantitative estimate of drug-likeness (QED) is 0.710. The van der Waals surface area contributed by atoms with Gasteiger partial charge in [0.1, 0.15) is 10.8 Å². The summed E-state index contributed by atoms with van der Waals surface area (Å²) >= 11 is 4.69. The van der Waals surface area contributed by atoms with Crippen LogP contribution in [-0.4, -0.2) is 4.99 Å². The summed E-state index contributed by atoms with van der Waals surface area (Å²) < 4.78 is 13.0. The molecule has 0 atom stereocenters. The van der Waals surface area contributed by atoms with E-state index in [0.717, 1.165) is 12.0 Å². The fourth-order valence-corrected chi connectivity index (χ4v) is 1.14. The van der Waals surface area contributed by atoms with Crippen molar-refractivity contribution in [2.24, 2.45) is 5.73 Å². The SMILES string of the molecule is CCc1ccc(F)c(C(N)=S)c1. The van der Waals surface area contributed by atoms with Crippen molar-refractivity contribution in [1.29, 1.82) is 0 Å². The molecule has 0 aromatic heterocycles. The van der Waals surface area contributed by atoms with Crippen LogP contribution in [0.1, 0.15) is 18.1 Å². The van der Waals surface area contributed by atoms with E-state index in [4.69, 9.17) is 18.0 Å². The number of thiocarbonyl (C=S) groups is 1. The van der Waals surface area contributed by atoms with Gasteiger partial charge >= 0.3 is 0 Å². The van der Waals surface area contributed by atoms with Crippen LogP contribution < -0.4 is 5.73 Å². The summed E-state index contributed by atoms with van der Waals surface area (Å²) in [5, 5.41) is 0. The fourth-order valence-electron chi connectivity index (χ4n) is 0.981. The van der Waals surface area contributed by atoms with Gasteiger partial charge in [-0.15, -0.1) is 0 Å². The lowest BCUT2D eigenvalue weighted by molar-refractivity contribution is 0.624. The van der Waals surface area contributed by atoms with Crippen LogP contribution in [-0.2, 0) is 6.42 Å². The molecule has 0 aliphatic carbocycles. The molecular formula is C9H10FNS. The molecule has 0 bridgehead atoms. The van der Waals surface area contributed by atoms with Crippen LogP contribution in [0.2, 0.25) is 0 Å². The number of hydrogen-bond acceptors (Lipinski definition) is 1. The lowest BCUT2D eigenvalue weighted by atomic mass is 10.1. The van der Waals surface area contributed by atoms with Gasteiger partial charge in [-0.1, -0.05) is 25.2 Å². The molecular weight excluding hydrogens is 173 g/mol. The van der Waals surface area contributed by atoms with Gasteiger partial charge < -0.3 is 5.73 Å². The van der Waals surface area contributed by atoms with Crippen molar-refractivity contribution < 1.29 is 4.39 Å². The molecule has 3 heteroatoms. The van der Waals surface area contributed by atoms with Crippen LogP contribution in [0.4, 0.5) is 4.39 Å². The Labute approximate surface area is 76.4 Å². The van der Waals surface area contributed by atoms with E-state index < -0.39 is 0 Å². The molecule has 0 saturated carbocycles. The van der Waals surface area contributed by atoms with E-state index in [0.29, 0.717) is 5.56 Å². The maximum Gasteiger partial charge on any atom is 0.133 e. The molecule has 0 aliphatic rings. The minimum Gasteiger partial charge on any atom is -0.389 e. The summed E-state index contributed by atoms with van der Waals surface area (Å²) in [6.07, 6.45) is 0.857. The molecule has 0 spiro atoms. The molecule has 0 unspecified atom stereocenters. The van der Waals surface area contributed by atoms with Gasteiger partial charge in [0.15, 0.2) is 0 Å². The second-order valence-corrected chi connectivity index (χ2v) is 2.97. The van der Waals surface area contributed by atoms with Crippen LogP contribution in [0.25, 0.3) is 0 Å². The number of rotatable bonds is 2. The van der Waals surface area contributed by atoms with Gasteiger partial charge in [-0.25, -0.2) is 4.39 Å². The highest BCUT2D eigenvalue weighted by molar-refractivity contribution is 7.80. The van der Waals surface area contributed by atoms with Gasteiger partial charge in [0.2, 0.25) is 0 Å². The summed E-state index contributed by atoms with van der Waals surface area (Å²) in [6, 6.07) is 4.82. The van der Waals surface area contributed by atoms with E-state index in [1.165, 1.54) is 6.07 Å². The fraction of sp³-hybridized carbons (Fsp3) is 0.222. The summed E-state index contributed by atoms with van der Waals surface area (Å²) in [4.78, 5) is 0.114. The maximum absolute atomic E-state index is 13.0. The monoisotopic (exact) mass is 183 g/mol. The summed E-state index contributed by atoms with van der Waals surface area (Å²) in [7, 11) is 0. The molecule has 12 heavy (non-hydrogen) atoms. The molecule has 64 valence electrons. The minimum absolute atomic E-state index is 0.114. The second-order valence-electron chi connectivity index (χ2n) is 2.53. The smallest absolute Gasteiger partial charge is 0.133 e. The Balaban J connectivity index is 3.17. The minimum atomic E-state index is -0.347. The van der Waals surface area contributed by atoms with E-state index in [9.17, 15) is 4.39 Å². The van der Waals surface area contributed by atoms with Crippen molar-refractivity contribution in [2.45, 2.75) is 13.3 Å². The second kappa shape index (κ2) is 3.63. The Hall–Kier alpha value is -0.960. The van der Waals surface area contributed by atoms with Crippen molar-refractivity contribution in [3.8, 4) is 0 Å². The van der Waals surface area contributed by atoms with E-state index >= 15 is 0 Å². The van der Waals surface area contributed by atoms with Crippen molar-refractivity contribution in [3.05, 3.63) is 35.1 Å². The Kier molecular flexibility index (Phi) is 2.76. The highest BCUT2D eigenvalue weighted by atomic mass is 32.1. The van der Waals surface area contributed by atoms with Crippen LogP contribution >= 0.6 is 12.2 Å². The first-order valence-corrected chi connectivity index (χ1v) is 4.14. The summed E-state index contributed by atoms with van der Waals surface area (Å²) in [6.45, 7) is 2.00. The first-order chi connectivity index (χ1) is 5.65. The van der Waals surface area contributed by atoms with Gasteiger partial charge in [-0.05, 0) is 24.1 Å². The van der Waals surface area contributed by atoms with E-state index in [1.54, 1.807) is 12.1 Å². The highest BCUT2D eigenvalue weighted by Gasteiger charge is 2.04. The Bertz CT molecular complexity index is 309. The molecule has 1 rings (SSSR count). The number of halogens is 1.